The summed E-state index contributed by atoms with van der Waals surface area (Å²) < 4.78 is 5.54. The molecule has 8 nitrogen and oxygen atoms in total. The Morgan fingerprint density at radius 1 is 1.03 bits per heavy atom. The van der Waals surface area contributed by atoms with Gasteiger partial charge in [0.1, 0.15) is 5.00 Å². The average molecular weight is 490 g/mol. The van der Waals surface area contributed by atoms with Crippen LogP contribution in [0.2, 0.25) is 0 Å². The number of aromatic nitrogens is 1. The first-order valence-electron chi connectivity index (χ1n) is 11.5. The van der Waals surface area contributed by atoms with E-state index >= 15 is 0 Å². The zero-order valence-corrected chi connectivity index (χ0v) is 19.7. The number of benzene rings is 1. The second-order valence-corrected chi connectivity index (χ2v) is 9.51. The zero-order chi connectivity index (χ0) is 24.4. The number of nitrogens with one attached hydrogen (secondary N) is 1. The Balaban J connectivity index is 1.25. The van der Waals surface area contributed by atoms with Crippen LogP contribution in [0.15, 0.2) is 48.8 Å². The number of esters is 1. The zero-order valence-electron chi connectivity index (χ0n) is 18.9. The average Bonchev–Trinajstić information content (AvgIpc) is 3.37. The van der Waals surface area contributed by atoms with Gasteiger partial charge in [0.15, 0.2) is 0 Å². The molecule has 35 heavy (non-hydrogen) atoms. The molecule has 0 spiro atoms. The number of nitrogens with zero attached hydrogens (tertiary/aromatic N) is 2. The van der Waals surface area contributed by atoms with Gasteiger partial charge in [-0.3, -0.25) is 24.3 Å². The summed E-state index contributed by atoms with van der Waals surface area (Å²) in [5.74, 6) is -1.50. The highest BCUT2D eigenvalue weighted by molar-refractivity contribution is 7.17. The predicted molar refractivity (Wildman–Crippen MR) is 130 cm³/mol. The second kappa shape index (κ2) is 9.79. The maximum atomic E-state index is 13.1. The topological polar surface area (TPSA) is 106 Å². The Hall–Kier alpha value is -3.85. The smallest absolute Gasteiger partial charge is 0.341 e. The lowest BCUT2D eigenvalue weighted by Gasteiger charge is -2.15. The molecule has 5 rings (SSSR count). The maximum Gasteiger partial charge on any atom is 0.341 e. The quantitative estimate of drug-likeness (QED) is 0.304. The van der Waals surface area contributed by atoms with Gasteiger partial charge >= 0.3 is 5.97 Å². The molecule has 0 bridgehead atoms. The van der Waals surface area contributed by atoms with E-state index in [0.29, 0.717) is 33.7 Å². The minimum absolute atomic E-state index is 0.0485. The van der Waals surface area contributed by atoms with Crippen LogP contribution in [0, 0.1) is 0 Å². The molecule has 3 heterocycles. The van der Waals surface area contributed by atoms with E-state index in [1.54, 1.807) is 42.6 Å². The summed E-state index contributed by atoms with van der Waals surface area (Å²) in [6.07, 6.45) is 7.02. The number of rotatable bonds is 7. The summed E-state index contributed by atoms with van der Waals surface area (Å²) in [6.45, 7) is 0.207. The highest BCUT2D eigenvalue weighted by atomic mass is 32.1. The number of carbonyl (C=O) groups is 4. The van der Waals surface area contributed by atoms with Crippen molar-refractivity contribution in [2.75, 3.05) is 18.5 Å². The normalized spacial score (nSPS) is 14.5. The highest BCUT2D eigenvalue weighted by Crippen LogP contribution is 2.38. The molecule has 9 heteroatoms. The molecule has 3 amide bonds. The van der Waals surface area contributed by atoms with Crippen LogP contribution in [0.5, 0.6) is 0 Å². The SMILES string of the molecule is O=C(Nc1sc2c(c1C(=O)OCCCN1C(=O)c3ccccc3C1=O)CCCC2)c1cccnc1. The van der Waals surface area contributed by atoms with E-state index in [9.17, 15) is 19.2 Å². The van der Waals surface area contributed by atoms with Crippen LogP contribution >= 0.6 is 11.3 Å². The van der Waals surface area contributed by atoms with Crippen molar-refractivity contribution in [3.05, 3.63) is 81.5 Å². The monoisotopic (exact) mass is 489 g/mol. The van der Waals surface area contributed by atoms with Crippen LogP contribution in [-0.2, 0) is 17.6 Å². The van der Waals surface area contributed by atoms with E-state index < -0.39 is 5.97 Å². The first-order valence-corrected chi connectivity index (χ1v) is 12.3. The molecule has 0 saturated carbocycles. The van der Waals surface area contributed by atoms with E-state index in [1.165, 1.54) is 22.4 Å². The van der Waals surface area contributed by atoms with Crippen LogP contribution in [0.1, 0.15) is 71.1 Å². The summed E-state index contributed by atoms with van der Waals surface area (Å²) in [4.78, 5) is 57.0. The lowest BCUT2D eigenvalue weighted by Crippen LogP contribution is -2.31. The van der Waals surface area contributed by atoms with Crippen LogP contribution in [0.25, 0.3) is 0 Å². The number of thiophene rings is 1. The van der Waals surface area contributed by atoms with Gasteiger partial charge in [-0.25, -0.2) is 4.79 Å². The summed E-state index contributed by atoms with van der Waals surface area (Å²) in [6, 6.07) is 10.1. The molecule has 1 N–H and O–H groups in total. The Bertz CT molecular complexity index is 1280. The van der Waals surface area contributed by atoms with E-state index in [4.69, 9.17) is 4.74 Å². The Kier molecular flexibility index (Phi) is 6.41. The van der Waals surface area contributed by atoms with Crippen LogP contribution in [-0.4, -0.2) is 46.7 Å². The minimum Gasteiger partial charge on any atom is -0.462 e. The minimum atomic E-state index is -0.506. The Labute approximate surface area is 205 Å². The van der Waals surface area contributed by atoms with Gasteiger partial charge in [0, 0.05) is 23.8 Å². The number of hydrogen-bond acceptors (Lipinski definition) is 7. The number of anilines is 1. The molecule has 1 aliphatic carbocycles. The number of fused-ring (bicyclic) bond motifs is 2. The first kappa shape index (κ1) is 22.9. The standard InChI is InChI=1S/C26H23N3O5S/c30-22(16-7-5-12-27-15-16)28-23-21(19-10-3-4-11-20(19)35-23)26(33)34-14-6-13-29-24(31)17-8-1-2-9-18(17)25(29)32/h1-2,5,7-9,12,15H,3-4,6,10-11,13-14H2,(H,28,30). The van der Waals surface area contributed by atoms with Crippen molar-refractivity contribution in [3.8, 4) is 0 Å². The van der Waals surface area contributed by atoms with Gasteiger partial charge in [0.2, 0.25) is 0 Å². The van der Waals surface area contributed by atoms with Crippen molar-refractivity contribution < 1.29 is 23.9 Å². The number of hydrogen-bond donors (Lipinski definition) is 1. The van der Waals surface area contributed by atoms with Gasteiger partial charge in [-0.2, -0.15) is 0 Å². The van der Waals surface area contributed by atoms with Crippen molar-refractivity contribution >= 4 is 40.0 Å². The van der Waals surface area contributed by atoms with Gasteiger partial charge in [-0.1, -0.05) is 12.1 Å². The van der Waals surface area contributed by atoms with Crippen LogP contribution < -0.4 is 5.32 Å². The number of pyridine rings is 1. The Morgan fingerprint density at radius 2 is 1.77 bits per heavy atom. The molecule has 178 valence electrons. The number of ether oxygens (including phenoxy) is 1. The van der Waals surface area contributed by atoms with Crippen molar-refractivity contribution in [2.24, 2.45) is 0 Å². The predicted octanol–water partition coefficient (Wildman–Crippen LogP) is 4.12. The first-order chi connectivity index (χ1) is 17.0. The molecular formula is C26H23N3O5S. The van der Waals surface area contributed by atoms with Crippen molar-refractivity contribution in [3.63, 3.8) is 0 Å². The van der Waals surface area contributed by atoms with E-state index in [2.05, 4.69) is 10.3 Å². The third kappa shape index (κ3) is 4.46. The molecular weight excluding hydrogens is 466 g/mol. The molecule has 2 aromatic heterocycles. The molecule has 1 aromatic carbocycles. The lowest BCUT2D eigenvalue weighted by atomic mass is 9.95. The fraction of sp³-hybridized carbons (Fsp3) is 0.269. The molecule has 0 fully saturated rings. The number of amides is 3. The Morgan fingerprint density at radius 3 is 2.49 bits per heavy atom. The number of imide groups is 1. The molecule has 0 saturated heterocycles. The lowest BCUT2D eigenvalue weighted by molar-refractivity contribution is 0.0483. The van der Waals surface area contributed by atoms with E-state index in [-0.39, 0.29) is 30.9 Å². The molecule has 0 unspecified atom stereocenters. The molecule has 2 aliphatic rings. The van der Waals surface area contributed by atoms with Crippen molar-refractivity contribution in [1.29, 1.82) is 0 Å². The van der Waals surface area contributed by atoms with Crippen molar-refractivity contribution in [1.82, 2.24) is 9.88 Å². The largest absolute Gasteiger partial charge is 0.462 e. The summed E-state index contributed by atoms with van der Waals surface area (Å²) in [5, 5.41) is 3.35. The van der Waals surface area contributed by atoms with Gasteiger partial charge in [0.25, 0.3) is 17.7 Å². The molecule has 0 atom stereocenters. The third-order valence-electron chi connectivity index (χ3n) is 6.16. The molecule has 1 aliphatic heterocycles. The van der Waals surface area contributed by atoms with Gasteiger partial charge in [-0.05, 0) is 61.9 Å². The van der Waals surface area contributed by atoms with Gasteiger partial charge in [-0.15, -0.1) is 11.3 Å². The highest BCUT2D eigenvalue weighted by Gasteiger charge is 2.34. The van der Waals surface area contributed by atoms with E-state index in [1.807, 2.05) is 0 Å². The number of carbonyl (C=O) groups excluding carboxylic acids is 4. The summed E-state index contributed by atoms with van der Waals surface area (Å²) in [5.41, 5.74) is 2.54. The summed E-state index contributed by atoms with van der Waals surface area (Å²) >= 11 is 1.42. The molecule has 0 radical (unpaired) electrons. The maximum absolute atomic E-state index is 13.1. The fourth-order valence-electron chi connectivity index (χ4n) is 4.44. The van der Waals surface area contributed by atoms with E-state index in [0.717, 1.165) is 36.1 Å². The fourth-order valence-corrected chi connectivity index (χ4v) is 5.72. The van der Waals surface area contributed by atoms with Gasteiger partial charge < -0.3 is 10.1 Å². The third-order valence-corrected chi connectivity index (χ3v) is 7.37. The van der Waals surface area contributed by atoms with Crippen molar-refractivity contribution in [2.45, 2.75) is 32.1 Å². The number of aryl methyl sites for hydroxylation is 1. The summed E-state index contributed by atoms with van der Waals surface area (Å²) in [7, 11) is 0. The van der Waals surface area contributed by atoms with Gasteiger partial charge in [0.05, 0.1) is 28.9 Å². The molecule has 3 aromatic rings. The second-order valence-electron chi connectivity index (χ2n) is 8.41. The van der Waals surface area contributed by atoms with Crippen LogP contribution in [0.3, 0.4) is 0 Å². The van der Waals surface area contributed by atoms with Crippen LogP contribution in [0.4, 0.5) is 5.00 Å².